The molecular weight excluding hydrogens is 747 g/mol. The van der Waals surface area contributed by atoms with E-state index >= 15 is 0 Å². The van der Waals surface area contributed by atoms with Gasteiger partial charge in [-0.1, -0.05) is 105 Å². The number of nitrogens with one attached hydrogen (secondary N) is 1. The number of rotatable bonds is 8. The van der Waals surface area contributed by atoms with Crippen LogP contribution in [0.3, 0.4) is 0 Å². The molecule has 6 heteroatoms. The molecule has 0 saturated carbocycles. The molecule has 0 saturated heterocycles. The first-order valence-electron chi connectivity index (χ1n) is 21.4. The second kappa shape index (κ2) is 15.6. The molecule has 0 bridgehead atoms. The Morgan fingerprint density at radius 2 is 1.25 bits per heavy atom. The Hall–Kier alpha value is -6.40. The van der Waals surface area contributed by atoms with Gasteiger partial charge in [0.05, 0.1) is 28.6 Å². The van der Waals surface area contributed by atoms with Crippen LogP contribution in [-0.2, 0) is 16.2 Å². The van der Waals surface area contributed by atoms with Crippen molar-refractivity contribution < 1.29 is 4.74 Å². The zero-order valence-corrected chi connectivity index (χ0v) is 37.9. The molecule has 5 aromatic carbocycles. The number of hydrogen-bond donors (Lipinski definition) is 1. The third-order valence-corrected chi connectivity index (χ3v) is 11.9. The fourth-order valence-electron chi connectivity index (χ4n) is 8.26. The van der Waals surface area contributed by atoms with Gasteiger partial charge in [0.15, 0.2) is 0 Å². The maximum absolute atomic E-state index is 6.90. The molecule has 0 atom stereocenters. The molecule has 0 aliphatic heterocycles. The van der Waals surface area contributed by atoms with E-state index in [1.165, 1.54) is 44.3 Å². The molecule has 8 aromatic rings. The topological polar surface area (TPSA) is 55.2 Å². The highest BCUT2D eigenvalue weighted by atomic mass is 16.5. The maximum atomic E-state index is 6.90. The number of aryl methyl sites for hydroxylation is 2. The summed E-state index contributed by atoms with van der Waals surface area (Å²) in [5.41, 5.74) is 14.6. The third kappa shape index (κ3) is 8.37. The van der Waals surface area contributed by atoms with Crippen molar-refractivity contribution in [2.45, 2.75) is 92.4 Å². The largest absolute Gasteiger partial charge is 0.457 e. The Balaban J connectivity index is 1.19. The van der Waals surface area contributed by atoms with Crippen molar-refractivity contribution in [2.24, 2.45) is 0 Å². The number of ether oxygens (including phenoxy) is 1. The number of benzene rings is 5. The molecule has 61 heavy (non-hydrogen) atoms. The monoisotopic (exact) mass is 805 g/mol. The summed E-state index contributed by atoms with van der Waals surface area (Å²) in [7, 11) is 2.09. The van der Waals surface area contributed by atoms with E-state index in [4.69, 9.17) is 9.72 Å². The summed E-state index contributed by atoms with van der Waals surface area (Å²) < 4.78 is 9.21. The lowest BCUT2D eigenvalue weighted by Gasteiger charge is -2.27. The van der Waals surface area contributed by atoms with Crippen molar-refractivity contribution >= 4 is 44.6 Å². The van der Waals surface area contributed by atoms with Crippen LogP contribution in [-0.4, -0.2) is 21.6 Å². The van der Waals surface area contributed by atoms with Crippen LogP contribution in [0.15, 0.2) is 134 Å². The van der Waals surface area contributed by atoms with Gasteiger partial charge in [-0.15, -0.1) is 0 Å². The summed E-state index contributed by atoms with van der Waals surface area (Å²) >= 11 is 0. The Morgan fingerprint density at radius 3 is 1.95 bits per heavy atom. The fourth-order valence-corrected chi connectivity index (χ4v) is 8.26. The maximum Gasteiger partial charge on any atom is 0.137 e. The van der Waals surface area contributed by atoms with Gasteiger partial charge in [-0.3, -0.25) is 9.55 Å². The average molecular weight is 806 g/mol. The van der Waals surface area contributed by atoms with Gasteiger partial charge in [0, 0.05) is 53.7 Å². The first-order valence-corrected chi connectivity index (χ1v) is 21.4. The van der Waals surface area contributed by atoms with Gasteiger partial charge in [-0.25, -0.2) is 4.98 Å². The van der Waals surface area contributed by atoms with Gasteiger partial charge < -0.3 is 15.0 Å². The summed E-state index contributed by atoms with van der Waals surface area (Å²) in [6.45, 7) is 24.6. The van der Waals surface area contributed by atoms with Crippen LogP contribution in [0.4, 0.5) is 22.7 Å². The van der Waals surface area contributed by atoms with E-state index in [0.29, 0.717) is 0 Å². The molecule has 8 rings (SSSR count). The van der Waals surface area contributed by atoms with Crippen molar-refractivity contribution in [3.8, 4) is 28.4 Å². The lowest BCUT2D eigenvalue weighted by atomic mass is 9.86. The van der Waals surface area contributed by atoms with Gasteiger partial charge in [0.25, 0.3) is 0 Å². The highest BCUT2D eigenvalue weighted by Gasteiger charge is 2.23. The van der Waals surface area contributed by atoms with E-state index < -0.39 is 0 Å². The Bertz CT molecular complexity index is 2900. The van der Waals surface area contributed by atoms with Crippen LogP contribution in [0, 0.1) is 13.8 Å². The average Bonchev–Trinajstić information content (AvgIpc) is 3.53. The predicted octanol–water partition coefficient (Wildman–Crippen LogP) is 15.1. The molecule has 0 spiro atoms. The zero-order chi connectivity index (χ0) is 43.4. The highest BCUT2D eigenvalue weighted by molar-refractivity contribution is 6.09. The van der Waals surface area contributed by atoms with Gasteiger partial charge >= 0.3 is 0 Å². The highest BCUT2D eigenvalue weighted by Crippen LogP contribution is 2.41. The number of aromatic nitrogens is 3. The number of fused-ring (bicyclic) bond motifs is 3. The summed E-state index contributed by atoms with van der Waals surface area (Å²) in [6.07, 6.45) is 5.69. The number of nitrogens with zero attached hydrogens (tertiary/aromatic N) is 4. The van der Waals surface area contributed by atoms with Crippen LogP contribution < -0.4 is 15.0 Å². The molecule has 0 unspecified atom stereocenters. The minimum Gasteiger partial charge on any atom is -0.457 e. The lowest BCUT2D eigenvalue weighted by Crippen LogP contribution is -2.15. The Morgan fingerprint density at radius 1 is 0.590 bits per heavy atom. The molecular formula is C55H59N5O. The van der Waals surface area contributed by atoms with Crippen LogP contribution >= 0.6 is 0 Å². The standard InChI is InChI=1S/C55H59N5O/c1-35-15-13-16-36(2)52(35)37-17-14-18-41(27-37)58-47-24-25-56-34-50(47)59(12)42-28-40(55(9,10)11)29-44(32-42)61-43-20-22-46-45-21-19-38(53(3,4)5)30-48(45)60(49(46)33-43)51-31-39(23-26-57-51)54(6,7)8/h13-34H,1-12H3,(H,56,58). The van der Waals surface area contributed by atoms with E-state index in [9.17, 15) is 0 Å². The van der Waals surface area contributed by atoms with Crippen LogP contribution in [0.5, 0.6) is 11.5 Å². The van der Waals surface area contributed by atoms with Crippen molar-refractivity contribution in [1.82, 2.24) is 14.5 Å². The van der Waals surface area contributed by atoms with Gasteiger partial charge in [0.1, 0.15) is 17.3 Å². The molecule has 6 nitrogen and oxygen atoms in total. The van der Waals surface area contributed by atoms with Gasteiger partial charge in [-0.05, 0) is 130 Å². The first kappa shape index (κ1) is 41.3. The van der Waals surface area contributed by atoms with E-state index in [2.05, 4.69) is 212 Å². The Kier molecular flexibility index (Phi) is 10.6. The SMILES string of the molecule is Cc1cccc(C)c1-c1cccc(Nc2ccncc2N(C)c2cc(Oc3ccc4c5ccc(C(C)(C)C)cc5n(-c5cc(C(C)(C)C)ccn5)c4c3)cc(C(C)(C)C)c2)c1. The van der Waals surface area contributed by atoms with Crippen LogP contribution in [0.1, 0.15) is 90.1 Å². The minimum atomic E-state index is -0.135. The van der Waals surface area contributed by atoms with Crippen LogP contribution in [0.2, 0.25) is 0 Å². The fraction of sp³-hybridized carbons (Fsp3) is 0.273. The second-order valence-electron chi connectivity index (χ2n) is 19.6. The first-order chi connectivity index (χ1) is 28.8. The molecule has 3 aromatic heterocycles. The minimum absolute atomic E-state index is 0.00808. The van der Waals surface area contributed by atoms with Gasteiger partial charge in [0.2, 0.25) is 0 Å². The summed E-state index contributed by atoms with van der Waals surface area (Å²) in [5, 5.41) is 6.07. The lowest BCUT2D eigenvalue weighted by molar-refractivity contribution is 0.479. The van der Waals surface area contributed by atoms with Gasteiger partial charge in [-0.2, -0.15) is 0 Å². The molecule has 3 heterocycles. The molecule has 1 N–H and O–H groups in total. The van der Waals surface area contributed by atoms with Crippen molar-refractivity contribution in [2.75, 3.05) is 17.3 Å². The number of hydrogen-bond acceptors (Lipinski definition) is 5. The summed E-state index contributed by atoms with van der Waals surface area (Å²) in [4.78, 5) is 11.7. The molecule has 0 aliphatic carbocycles. The molecule has 0 amide bonds. The number of anilines is 4. The quantitative estimate of drug-likeness (QED) is 0.166. The molecule has 0 fully saturated rings. The second-order valence-corrected chi connectivity index (χ2v) is 19.6. The number of pyridine rings is 2. The van der Waals surface area contributed by atoms with E-state index in [-0.39, 0.29) is 16.2 Å². The smallest absolute Gasteiger partial charge is 0.137 e. The van der Waals surface area contributed by atoms with Crippen molar-refractivity contribution in [3.63, 3.8) is 0 Å². The van der Waals surface area contributed by atoms with E-state index in [1.807, 2.05) is 24.7 Å². The van der Waals surface area contributed by atoms with E-state index in [0.717, 1.165) is 56.5 Å². The molecule has 0 aliphatic rings. The van der Waals surface area contributed by atoms with Crippen molar-refractivity contribution in [3.05, 3.63) is 162 Å². The Labute approximate surface area is 362 Å². The normalized spacial score (nSPS) is 12.3. The molecule has 310 valence electrons. The zero-order valence-electron chi connectivity index (χ0n) is 37.9. The van der Waals surface area contributed by atoms with Crippen molar-refractivity contribution in [1.29, 1.82) is 0 Å². The molecule has 0 radical (unpaired) electrons. The summed E-state index contributed by atoms with van der Waals surface area (Å²) in [6, 6.07) is 41.3. The summed E-state index contributed by atoms with van der Waals surface area (Å²) in [5.74, 6) is 2.41. The predicted molar refractivity (Wildman–Crippen MR) is 258 cm³/mol. The van der Waals surface area contributed by atoms with E-state index in [1.54, 1.807) is 0 Å². The van der Waals surface area contributed by atoms with Crippen LogP contribution in [0.25, 0.3) is 38.8 Å². The third-order valence-electron chi connectivity index (χ3n) is 11.9.